The minimum Gasteiger partial charge on any atom is -0.383 e. The van der Waals surface area contributed by atoms with Gasteiger partial charge in [-0.15, -0.1) is 0 Å². The van der Waals surface area contributed by atoms with Crippen LogP contribution in [0.3, 0.4) is 0 Å². The van der Waals surface area contributed by atoms with Gasteiger partial charge >= 0.3 is 0 Å². The molecule has 0 heterocycles. The van der Waals surface area contributed by atoms with E-state index in [0.29, 0.717) is 18.0 Å². The van der Waals surface area contributed by atoms with Crippen LogP contribution in [0.1, 0.15) is 27.7 Å². The number of hydrogen-bond donors (Lipinski definition) is 1. The van der Waals surface area contributed by atoms with Crippen molar-refractivity contribution in [3.63, 3.8) is 0 Å². The molecule has 0 bridgehead atoms. The predicted octanol–water partition coefficient (Wildman–Crippen LogP) is 1.59. The molecule has 3 heteroatoms. The molecule has 0 aromatic heterocycles. The maximum absolute atomic E-state index is 5.20. The van der Waals surface area contributed by atoms with Crippen molar-refractivity contribution in [2.45, 2.75) is 39.8 Å². The third-order valence-corrected chi connectivity index (χ3v) is 3.04. The van der Waals surface area contributed by atoms with Crippen LogP contribution >= 0.6 is 0 Å². The molecule has 0 aromatic carbocycles. The fourth-order valence-corrected chi connectivity index (χ4v) is 1.86. The summed E-state index contributed by atoms with van der Waals surface area (Å²) in [7, 11) is 3.81. The Hall–Kier alpha value is -0.120. The minimum absolute atomic E-state index is 0.495. The standard InChI is InChI=1S/C12H28N2O/c1-7-14(11(4)9-15-6)8-12(13-5)10(2)3/h10-13H,7-9H2,1-6H3. The topological polar surface area (TPSA) is 24.5 Å². The molecule has 2 atom stereocenters. The van der Waals surface area contributed by atoms with Gasteiger partial charge in [0.15, 0.2) is 0 Å². The van der Waals surface area contributed by atoms with Gasteiger partial charge in [-0.3, -0.25) is 4.90 Å². The van der Waals surface area contributed by atoms with Crippen LogP contribution in [-0.2, 0) is 4.74 Å². The van der Waals surface area contributed by atoms with E-state index in [9.17, 15) is 0 Å². The Morgan fingerprint density at radius 1 is 1.27 bits per heavy atom. The molecule has 3 nitrogen and oxygen atoms in total. The van der Waals surface area contributed by atoms with Gasteiger partial charge in [-0.25, -0.2) is 0 Å². The summed E-state index contributed by atoms with van der Waals surface area (Å²) in [6.45, 7) is 11.9. The summed E-state index contributed by atoms with van der Waals surface area (Å²) in [5.41, 5.74) is 0. The van der Waals surface area contributed by atoms with Crippen LogP contribution < -0.4 is 5.32 Å². The van der Waals surface area contributed by atoms with Crippen molar-refractivity contribution in [2.75, 3.05) is 33.9 Å². The monoisotopic (exact) mass is 216 g/mol. The summed E-state index contributed by atoms with van der Waals surface area (Å²) < 4.78 is 5.20. The summed E-state index contributed by atoms with van der Waals surface area (Å²) in [6, 6.07) is 1.05. The van der Waals surface area contributed by atoms with Crippen LogP contribution in [0.5, 0.6) is 0 Å². The second-order valence-electron chi connectivity index (χ2n) is 4.53. The molecule has 2 unspecified atom stereocenters. The van der Waals surface area contributed by atoms with Gasteiger partial charge in [0, 0.05) is 25.7 Å². The van der Waals surface area contributed by atoms with Gasteiger partial charge in [-0.05, 0) is 26.4 Å². The summed E-state index contributed by atoms with van der Waals surface area (Å²) in [6.07, 6.45) is 0. The van der Waals surface area contributed by atoms with Crippen molar-refractivity contribution < 1.29 is 4.74 Å². The van der Waals surface area contributed by atoms with E-state index >= 15 is 0 Å². The summed E-state index contributed by atoms with van der Waals surface area (Å²) >= 11 is 0. The zero-order chi connectivity index (χ0) is 11.8. The number of hydrogen-bond acceptors (Lipinski definition) is 3. The number of likely N-dealkylation sites (N-methyl/N-ethyl adjacent to an activating group) is 2. The molecule has 15 heavy (non-hydrogen) atoms. The van der Waals surface area contributed by atoms with Crippen molar-refractivity contribution in [1.29, 1.82) is 0 Å². The maximum Gasteiger partial charge on any atom is 0.0615 e. The number of methoxy groups -OCH3 is 1. The van der Waals surface area contributed by atoms with Crippen molar-refractivity contribution >= 4 is 0 Å². The summed E-state index contributed by atoms with van der Waals surface area (Å²) in [5.74, 6) is 0.666. The SMILES string of the molecule is CCN(CC(NC)C(C)C)C(C)COC. The maximum atomic E-state index is 5.20. The Morgan fingerprint density at radius 2 is 1.87 bits per heavy atom. The molecule has 0 amide bonds. The lowest BCUT2D eigenvalue weighted by molar-refractivity contribution is 0.0920. The van der Waals surface area contributed by atoms with Crippen molar-refractivity contribution in [2.24, 2.45) is 5.92 Å². The van der Waals surface area contributed by atoms with Gasteiger partial charge in [0.05, 0.1) is 6.61 Å². The van der Waals surface area contributed by atoms with E-state index in [1.807, 2.05) is 7.05 Å². The van der Waals surface area contributed by atoms with Crippen LogP contribution in [0, 0.1) is 5.92 Å². The Labute approximate surface area is 95.2 Å². The lowest BCUT2D eigenvalue weighted by atomic mass is 10.0. The van der Waals surface area contributed by atoms with Gasteiger partial charge < -0.3 is 10.1 Å². The Kier molecular flexibility index (Phi) is 8.02. The van der Waals surface area contributed by atoms with E-state index in [-0.39, 0.29) is 0 Å². The second-order valence-corrected chi connectivity index (χ2v) is 4.53. The first-order valence-corrected chi connectivity index (χ1v) is 5.97. The first-order valence-electron chi connectivity index (χ1n) is 5.97. The zero-order valence-corrected chi connectivity index (χ0v) is 11.2. The fraction of sp³-hybridized carbons (Fsp3) is 1.00. The van der Waals surface area contributed by atoms with E-state index in [4.69, 9.17) is 4.74 Å². The minimum atomic E-state index is 0.495. The van der Waals surface area contributed by atoms with E-state index in [0.717, 1.165) is 19.7 Å². The lowest BCUT2D eigenvalue weighted by Crippen LogP contribution is -2.47. The molecule has 0 spiro atoms. The summed E-state index contributed by atoms with van der Waals surface area (Å²) in [4.78, 5) is 2.46. The molecule has 0 fully saturated rings. The molecular formula is C12H28N2O. The number of nitrogens with one attached hydrogen (secondary N) is 1. The first kappa shape index (κ1) is 14.9. The van der Waals surface area contributed by atoms with Gasteiger partial charge in [0.1, 0.15) is 0 Å². The lowest BCUT2D eigenvalue weighted by Gasteiger charge is -2.32. The molecular weight excluding hydrogens is 188 g/mol. The highest BCUT2D eigenvalue weighted by Crippen LogP contribution is 2.07. The van der Waals surface area contributed by atoms with Crippen LogP contribution in [0.2, 0.25) is 0 Å². The Balaban J connectivity index is 4.16. The molecule has 0 aliphatic rings. The Bertz CT molecular complexity index is 151. The molecule has 0 aliphatic heterocycles. The third kappa shape index (κ3) is 5.50. The van der Waals surface area contributed by atoms with Crippen LogP contribution in [0.15, 0.2) is 0 Å². The molecule has 0 saturated carbocycles. The molecule has 0 saturated heterocycles. The highest BCUT2D eigenvalue weighted by Gasteiger charge is 2.18. The average Bonchev–Trinajstić information content (AvgIpc) is 2.19. The summed E-state index contributed by atoms with van der Waals surface area (Å²) in [5, 5.41) is 3.38. The van der Waals surface area contributed by atoms with Crippen LogP contribution in [0.25, 0.3) is 0 Å². The molecule has 0 radical (unpaired) electrons. The highest BCUT2D eigenvalue weighted by atomic mass is 16.5. The van der Waals surface area contributed by atoms with Gasteiger partial charge in [-0.1, -0.05) is 20.8 Å². The van der Waals surface area contributed by atoms with E-state index in [1.165, 1.54) is 0 Å². The molecule has 0 aliphatic carbocycles. The largest absolute Gasteiger partial charge is 0.383 e. The molecule has 0 rings (SSSR count). The van der Waals surface area contributed by atoms with E-state index < -0.39 is 0 Å². The van der Waals surface area contributed by atoms with Crippen LogP contribution in [0.4, 0.5) is 0 Å². The smallest absolute Gasteiger partial charge is 0.0615 e. The van der Waals surface area contributed by atoms with Gasteiger partial charge in [-0.2, -0.15) is 0 Å². The van der Waals surface area contributed by atoms with Crippen molar-refractivity contribution in [1.82, 2.24) is 10.2 Å². The second kappa shape index (κ2) is 8.08. The van der Waals surface area contributed by atoms with Crippen molar-refractivity contribution in [3.8, 4) is 0 Å². The molecule has 1 N–H and O–H groups in total. The molecule has 0 aromatic rings. The van der Waals surface area contributed by atoms with Crippen LogP contribution in [-0.4, -0.2) is 50.8 Å². The fourth-order valence-electron chi connectivity index (χ4n) is 1.86. The highest BCUT2D eigenvalue weighted by molar-refractivity contribution is 4.76. The number of rotatable bonds is 8. The Morgan fingerprint density at radius 3 is 2.20 bits per heavy atom. The third-order valence-electron chi connectivity index (χ3n) is 3.04. The van der Waals surface area contributed by atoms with Gasteiger partial charge in [0.2, 0.25) is 0 Å². The van der Waals surface area contributed by atoms with E-state index in [1.54, 1.807) is 7.11 Å². The molecule has 92 valence electrons. The normalized spacial score (nSPS) is 16.0. The predicted molar refractivity (Wildman–Crippen MR) is 66.3 cm³/mol. The van der Waals surface area contributed by atoms with Crippen molar-refractivity contribution in [3.05, 3.63) is 0 Å². The quantitative estimate of drug-likeness (QED) is 0.667. The number of nitrogens with zero attached hydrogens (tertiary/aromatic N) is 1. The first-order chi connectivity index (χ1) is 7.06. The number of ether oxygens (including phenoxy) is 1. The zero-order valence-electron chi connectivity index (χ0n) is 11.2. The van der Waals surface area contributed by atoms with E-state index in [2.05, 4.69) is 37.9 Å². The van der Waals surface area contributed by atoms with Gasteiger partial charge in [0.25, 0.3) is 0 Å². The average molecular weight is 216 g/mol.